The van der Waals surface area contributed by atoms with Crippen molar-refractivity contribution in [2.45, 2.75) is 26.4 Å². The quantitative estimate of drug-likeness (QED) is 0.916. The van der Waals surface area contributed by atoms with Gasteiger partial charge in [0.05, 0.1) is 15.5 Å². The highest BCUT2D eigenvalue weighted by molar-refractivity contribution is 9.11. The fourth-order valence-corrected chi connectivity index (χ4v) is 3.40. The molecule has 2 heterocycles. The van der Waals surface area contributed by atoms with Gasteiger partial charge in [-0.3, -0.25) is 4.68 Å². The standard InChI is InChI=1S/C12H16BrN3S/c1-3-14-12(10-5-6-11(13)17-10)9-7-8-15-16(9)4-2/h5-8,12,14H,3-4H2,1-2H3. The van der Waals surface area contributed by atoms with Gasteiger partial charge < -0.3 is 5.32 Å². The second-order valence-corrected chi connectivity index (χ2v) is 6.20. The molecule has 3 nitrogen and oxygen atoms in total. The first-order valence-electron chi connectivity index (χ1n) is 5.76. The van der Waals surface area contributed by atoms with Gasteiger partial charge in [0, 0.05) is 17.6 Å². The summed E-state index contributed by atoms with van der Waals surface area (Å²) in [5, 5.41) is 7.86. The molecule has 0 amide bonds. The number of hydrogen-bond donors (Lipinski definition) is 1. The van der Waals surface area contributed by atoms with Crippen LogP contribution in [-0.4, -0.2) is 16.3 Å². The van der Waals surface area contributed by atoms with E-state index >= 15 is 0 Å². The second kappa shape index (κ2) is 5.80. The molecule has 0 aromatic carbocycles. The molecule has 0 saturated heterocycles. The molecule has 0 spiro atoms. The molecule has 0 aliphatic heterocycles. The number of aromatic nitrogens is 2. The molecule has 0 bridgehead atoms. The van der Waals surface area contributed by atoms with Crippen LogP contribution >= 0.6 is 27.3 Å². The highest BCUT2D eigenvalue weighted by atomic mass is 79.9. The monoisotopic (exact) mass is 313 g/mol. The van der Waals surface area contributed by atoms with Crippen LogP contribution in [0.15, 0.2) is 28.2 Å². The Bertz CT molecular complexity index is 478. The maximum absolute atomic E-state index is 4.34. The van der Waals surface area contributed by atoms with Crippen molar-refractivity contribution >= 4 is 27.3 Å². The molecule has 0 fully saturated rings. The van der Waals surface area contributed by atoms with E-state index < -0.39 is 0 Å². The lowest BCUT2D eigenvalue weighted by Crippen LogP contribution is -2.24. The average molecular weight is 314 g/mol. The molecule has 0 aliphatic carbocycles. The molecule has 17 heavy (non-hydrogen) atoms. The summed E-state index contributed by atoms with van der Waals surface area (Å²) < 4.78 is 3.21. The molecule has 1 atom stereocenters. The first-order valence-corrected chi connectivity index (χ1v) is 7.37. The highest BCUT2D eigenvalue weighted by Crippen LogP contribution is 2.31. The van der Waals surface area contributed by atoms with E-state index in [2.05, 4.69) is 58.4 Å². The van der Waals surface area contributed by atoms with Crippen molar-refractivity contribution in [3.8, 4) is 0 Å². The normalized spacial score (nSPS) is 12.9. The fraction of sp³-hybridized carbons (Fsp3) is 0.417. The summed E-state index contributed by atoms with van der Waals surface area (Å²) in [5.74, 6) is 0. The van der Waals surface area contributed by atoms with Gasteiger partial charge in [0.2, 0.25) is 0 Å². The Balaban J connectivity index is 2.35. The molecule has 1 N–H and O–H groups in total. The number of halogens is 1. The summed E-state index contributed by atoms with van der Waals surface area (Å²) in [6.07, 6.45) is 1.87. The summed E-state index contributed by atoms with van der Waals surface area (Å²) in [5.41, 5.74) is 1.23. The topological polar surface area (TPSA) is 29.9 Å². The number of rotatable bonds is 5. The maximum atomic E-state index is 4.34. The van der Waals surface area contributed by atoms with E-state index in [-0.39, 0.29) is 6.04 Å². The third kappa shape index (κ3) is 2.78. The molecular formula is C12H16BrN3S. The Hall–Kier alpha value is -0.650. The van der Waals surface area contributed by atoms with Crippen LogP contribution in [0.4, 0.5) is 0 Å². The highest BCUT2D eigenvalue weighted by Gasteiger charge is 2.18. The Morgan fingerprint density at radius 3 is 2.82 bits per heavy atom. The number of nitrogens with one attached hydrogen (secondary N) is 1. The van der Waals surface area contributed by atoms with Crippen LogP contribution in [0.5, 0.6) is 0 Å². The summed E-state index contributed by atoms with van der Waals surface area (Å²) in [4.78, 5) is 1.31. The van der Waals surface area contributed by atoms with Crippen molar-refractivity contribution in [3.63, 3.8) is 0 Å². The van der Waals surface area contributed by atoms with Crippen LogP contribution in [0.25, 0.3) is 0 Å². The number of nitrogens with zero attached hydrogens (tertiary/aromatic N) is 2. The van der Waals surface area contributed by atoms with Gasteiger partial charge in [-0.05, 0) is 47.6 Å². The van der Waals surface area contributed by atoms with Gasteiger partial charge in [0.25, 0.3) is 0 Å². The van der Waals surface area contributed by atoms with Gasteiger partial charge in [0.1, 0.15) is 0 Å². The lowest BCUT2D eigenvalue weighted by atomic mass is 10.1. The van der Waals surface area contributed by atoms with E-state index in [0.717, 1.165) is 16.9 Å². The number of aryl methyl sites for hydroxylation is 1. The van der Waals surface area contributed by atoms with Crippen molar-refractivity contribution < 1.29 is 0 Å². The second-order valence-electron chi connectivity index (χ2n) is 3.70. The lowest BCUT2D eigenvalue weighted by molar-refractivity contribution is 0.547. The number of thiophene rings is 1. The minimum atomic E-state index is 0.235. The summed E-state index contributed by atoms with van der Waals surface area (Å²) in [6.45, 7) is 6.08. The minimum Gasteiger partial charge on any atom is -0.305 e. The van der Waals surface area contributed by atoms with Crippen molar-refractivity contribution in [1.29, 1.82) is 0 Å². The van der Waals surface area contributed by atoms with E-state index in [1.54, 1.807) is 11.3 Å². The first kappa shape index (κ1) is 12.8. The Labute approximate surface area is 114 Å². The summed E-state index contributed by atoms with van der Waals surface area (Å²) >= 11 is 5.29. The minimum absolute atomic E-state index is 0.235. The molecule has 5 heteroatoms. The van der Waals surface area contributed by atoms with Crippen LogP contribution in [-0.2, 0) is 6.54 Å². The molecule has 92 valence electrons. The van der Waals surface area contributed by atoms with Gasteiger partial charge in [-0.2, -0.15) is 5.10 Å². The van der Waals surface area contributed by atoms with Gasteiger partial charge in [-0.25, -0.2) is 0 Å². The van der Waals surface area contributed by atoms with Gasteiger partial charge >= 0.3 is 0 Å². The van der Waals surface area contributed by atoms with Crippen molar-refractivity contribution in [3.05, 3.63) is 38.8 Å². The van der Waals surface area contributed by atoms with E-state index in [9.17, 15) is 0 Å². The molecule has 1 unspecified atom stereocenters. The predicted molar refractivity (Wildman–Crippen MR) is 75.4 cm³/mol. The van der Waals surface area contributed by atoms with Crippen molar-refractivity contribution in [2.75, 3.05) is 6.54 Å². The lowest BCUT2D eigenvalue weighted by Gasteiger charge is -2.17. The maximum Gasteiger partial charge on any atom is 0.0842 e. The van der Waals surface area contributed by atoms with E-state index in [4.69, 9.17) is 0 Å². The fourth-order valence-electron chi connectivity index (χ4n) is 1.89. The molecule has 2 aromatic heterocycles. The number of hydrogen-bond acceptors (Lipinski definition) is 3. The van der Waals surface area contributed by atoms with Crippen molar-refractivity contribution in [2.24, 2.45) is 0 Å². The summed E-state index contributed by atoms with van der Waals surface area (Å²) in [6, 6.07) is 6.58. The zero-order valence-corrected chi connectivity index (χ0v) is 12.4. The van der Waals surface area contributed by atoms with Crippen LogP contribution in [0.1, 0.15) is 30.5 Å². The SMILES string of the molecule is CCNC(c1ccc(Br)s1)c1ccnn1CC. The Morgan fingerprint density at radius 2 is 2.24 bits per heavy atom. The predicted octanol–water partition coefficient (Wildman–Crippen LogP) is 3.43. The summed E-state index contributed by atoms with van der Waals surface area (Å²) in [7, 11) is 0. The van der Waals surface area contributed by atoms with E-state index in [1.165, 1.54) is 10.6 Å². The molecule has 0 saturated carbocycles. The van der Waals surface area contributed by atoms with Crippen LogP contribution in [0.2, 0.25) is 0 Å². The molecule has 2 rings (SSSR count). The third-order valence-electron chi connectivity index (χ3n) is 2.63. The van der Waals surface area contributed by atoms with Gasteiger partial charge in [0.15, 0.2) is 0 Å². The average Bonchev–Trinajstić information content (AvgIpc) is 2.94. The Morgan fingerprint density at radius 1 is 1.41 bits per heavy atom. The van der Waals surface area contributed by atoms with Crippen LogP contribution < -0.4 is 5.32 Å². The van der Waals surface area contributed by atoms with E-state index in [1.807, 2.05) is 10.9 Å². The molecule has 0 aliphatic rings. The van der Waals surface area contributed by atoms with Gasteiger partial charge in [-0.15, -0.1) is 11.3 Å². The zero-order valence-electron chi connectivity index (χ0n) is 9.98. The molecule has 0 radical (unpaired) electrons. The Kier molecular flexibility index (Phi) is 4.36. The smallest absolute Gasteiger partial charge is 0.0842 e. The first-order chi connectivity index (χ1) is 8.26. The van der Waals surface area contributed by atoms with Crippen molar-refractivity contribution in [1.82, 2.24) is 15.1 Å². The largest absolute Gasteiger partial charge is 0.305 e. The van der Waals surface area contributed by atoms with E-state index in [0.29, 0.717) is 0 Å². The third-order valence-corrected chi connectivity index (χ3v) is 4.32. The van der Waals surface area contributed by atoms with Crippen LogP contribution in [0, 0.1) is 0 Å². The molecule has 2 aromatic rings. The zero-order chi connectivity index (χ0) is 12.3. The van der Waals surface area contributed by atoms with Crippen LogP contribution in [0.3, 0.4) is 0 Å². The molecular weight excluding hydrogens is 298 g/mol. The van der Waals surface area contributed by atoms with Gasteiger partial charge in [-0.1, -0.05) is 6.92 Å².